The van der Waals surface area contributed by atoms with Crippen molar-refractivity contribution in [2.45, 2.75) is 50.6 Å². The Morgan fingerprint density at radius 1 is 1.00 bits per heavy atom. The summed E-state index contributed by atoms with van der Waals surface area (Å²) in [6.07, 6.45) is 1.04. The van der Waals surface area contributed by atoms with Crippen LogP contribution in [0.4, 0.5) is 20.5 Å². The number of hydrogen-bond donors (Lipinski definition) is 1. The lowest BCUT2D eigenvalue weighted by Crippen LogP contribution is -2.41. The molecular formula is C25H31F2N7O3S. The van der Waals surface area contributed by atoms with Crippen molar-refractivity contribution in [1.29, 1.82) is 0 Å². The number of imidazole rings is 1. The van der Waals surface area contributed by atoms with Crippen LogP contribution in [0.2, 0.25) is 0 Å². The summed E-state index contributed by atoms with van der Waals surface area (Å²) in [5, 5.41) is 3.49. The van der Waals surface area contributed by atoms with E-state index in [0.29, 0.717) is 67.9 Å². The first kappa shape index (κ1) is 25.4. The SMILES string of the molecule is O=S1(=O)CCCN1[C@H]1CC[C@H](Nc2cc(-n3c(C(F)F)nc4ccccc43)nc(N3CCOCC3)n2)CC1. The van der Waals surface area contributed by atoms with Gasteiger partial charge in [-0.2, -0.15) is 14.3 Å². The Morgan fingerprint density at radius 3 is 2.47 bits per heavy atom. The molecule has 3 aromatic rings. The quantitative estimate of drug-likeness (QED) is 0.501. The fourth-order valence-electron chi connectivity index (χ4n) is 5.73. The number of sulfonamides is 1. The molecule has 3 fully saturated rings. The first-order chi connectivity index (χ1) is 18.4. The van der Waals surface area contributed by atoms with Crippen LogP contribution in [0.25, 0.3) is 16.9 Å². The summed E-state index contributed by atoms with van der Waals surface area (Å²) in [5.41, 5.74) is 1.02. The van der Waals surface area contributed by atoms with Crippen molar-refractivity contribution in [3.63, 3.8) is 0 Å². The van der Waals surface area contributed by atoms with E-state index in [1.165, 1.54) is 4.57 Å². The van der Waals surface area contributed by atoms with Gasteiger partial charge in [-0.1, -0.05) is 12.1 Å². The first-order valence-corrected chi connectivity index (χ1v) is 14.7. The Hall–Kier alpha value is -2.90. The van der Waals surface area contributed by atoms with Crippen LogP contribution in [0.1, 0.15) is 44.4 Å². The van der Waals surface area contributed by atoms with Crippen molar-refractivity contribution in [3.05, 3.63) is 36.2 Å². The number of para-hydroxylation sites is 2. The molecule has 1 aliphatic carbocycles. The molecule has 4 heterocycles. The van der Waals surface area contributed by atoms with Gasteiger partial charge >= 0.3 is 0 Å². The fourth-order valence-corrected chi connectivity index (χ4v) is 7.53. The number of nitrogens with zero attached hydrogens (tertiary/aromatic N) is 6. The van der Waals surface area contributed by atoms with E-state index in [2.05, 4.69) is 10.3 Å². The van der Waals surface area contributed by atoms with Crippen molar-refractivity contribution < 1.29 is 21.9 Å². The van der Waals surface area contributed by atoms with E-state index in [1.807, 2.05) is 4.90 Å². The van der Waals surface area contributed by atoms with Gasteiger partial charge in [-0.15, -0.1) is 0 Å². The van der Waals surface area contributed by atoms with Gasteiger partial charge in [0.2, 0.25) is 16.0 Å². The molecule has 0 unspecified atom stereocenters. The van der Waals surface area contributed by atoms with Gasteiger partial charge < -0.3 is 15.0 Å². The molecule has 0 radical (unpaired) electrons. The second-order valence-electron chi connectivity index (χ2n) is 10.0. The molecule has 3 aliphatic rings. The van der Waals surface area contributed by atoms with E-state index in [-0.39, 0.29) is 23.7 Å². The summed E-state index contributed by atoms with van der Waals surface area (Å²) in [7, 11) is -3.13. The van der Waals surface area contributed by atoms with Crippen molar-refractivity contribution in [3.8, 4) is 5.82 Å². The maximum absolute atomic E-state index is 14.1. The molecule has 2 saturated heterocycles. The van der Waals surface area contributed by atoms with E-state index in [1.54, 1.807) is 34.6 Å². The zero-order valence-electron chi connectivity index (χ0n) is 21.0. The molecule has 0 atom stereocenters. The minimum absolute atomic E-state index is 0.0383. The van der Waals surface area contributed by atoms with Gasteiger partial charge in [0.05, 0.1) is 30.0 Å². The van der Waals surface area contributed by atoms with Crippen LogP contribution in [-0.2, 0) is 14.8 Å². The average Bonchev–Trinajstić information content (AvgIpc) is 3.49. The number of benzene rings is 1. The topological polar surface area (TPSA) is 105 Å². The maximum atomic E-state index is 14.1. The predicted octanol–water partition coefficient (Wildman–Crippen LogP) is 3.35. The summed E-state index contributed by atoms with van der Waals surface area (Å²) in [6.45, 7) is 2.89. The van der Waals surface area contributed by atoms with E-state index in [9.17, 15) is 17.2 Å². The van der Waals surface area contributed by atoms with Crippen LogP contribution in [0.15, 0.2) is 30.3 Å². The van der Waals surface area contributed by atoms with Crippen molar-refractivity contribution in [2.75, 3.05) is 48.8 Å². The summed E-state index contributed by atoms with van der Waals surface area (Å²) < 4.78 is 61.4. The molecule has 1 aromatic carbocycles. The number of fused-ring (bicyclic) bond motifs is 1. The number of halogens is 2. The van der Waals surface area contributed by atoms with E-state index in [4.69, 9.17) is 14.7 Å². The number of ether oxygens (including phenoxy) is 1. The average molecular weight is 548 g/mol. The highest BCUT2D eigenvalue weighted by Crippen LogP contribution is 2.32. The van der Waals surface area contributed by atoms with Gasteiger partial charge in [-0.25, -0.2) is 22.2 Å². The third kappa shape index (κ3) is 4.94. The Labute approximate surface area is 220 Å². The number of morpholine rings is 1. The Kier molecular flexibility index (Phi) is 6.91. The van der Waals surface area contributed by atoms with Crippen molar-refractivity contribution >= 4 is 32.8 Å². The van der Waals surface area contributed by atoms with Crippen LogP contribution in [0.3, 0.4) is 0 Å². The molecule has 10 nitrogen and oxygen atoms in total. The molecule has 0 amide bonds. The van der Waals surface area contributed by atoms with E-state index >= 15 is 0 Å². The lowest BCUT2D eigenvalue weighted by molar-refractivity contribution is 0.122. The molecule has 2 aliphatic heterocycles. The Bertz CT molecular complexity index is 1400. The standard InChI is InChI=1S/C25H31F2N7O3S/c26-23(27)24-29-19-4-1-2-5-20(19)34(24)22-16-21(30-25(31-22)32-11-13-37-14-12-32)28-17-6-8-18(9-7-17)33-10-3-15-38(33,35)36/h1-2,4-5,16-18,23H,3,6-15H2,(H,28,30,31)/t17-,18-. The number of nitrogens with one attached hydrogen (secondary N) is 1. The van der Waals surface area contributed by atoms with Crippen LogP contribution in [0.5, 0.6) is 0 Å². The molecule has 204 valence electrons. The van der Waals surface area contributed by atoms with Crippen molar-refractivity contribution in [1.82, 2.24) is 23.8 Å². The summed E-state index contributed by atoms with van der Waals surface area (Å²) in [4.78, 5) is 15.6. The van der Waals surface area contributed by atoms with Crippen molar-refractivity contribution in [2.24, 2.45) is 0 Å². The third-order valence-corrected chi connectivity index (χ3v) is 9.60. The normalized spacial score (nSPS) is 24.3. The zero-order valence-corrected chi connectivity index (χ0v) is 21.8. The largest absolute Gasteiger partial charge is 0.378 e. The number of aromatic nitrogens is 4. The first-order valence-electron chi connectivity index (χ1n) is 13.1. The highest BCUT2D eigenvalue weighted by molar-refractivity contribution is 7.89. The van der Waals surface area contributed by atoms with Gasteiger partial charge in [0.15, 0.2) is 5.82 Å². The fraction of sp³-hybridized carbons (Fsp3) is 0.560. The second-order valence-corrected chi connectivity index (χ2v) is 12.1. The summed E-state index contributed by atoms with van der Waals surface area (Å²) in [5.74, 6) is 1.19. The minimum Gasteiger partial charge on any atom is -0.378 e. The van der Waals surface area contributed by atoms with Gasteiger partial charge in [0.25, 0.3) is 6.43 Å². The van der Waals surface area contributed by atoms with Crippen LogP contribution < -0.4 is 10.2 Å². The van der Waals surface area contributed by atoms with E-state index < -0.39 is 16.4 Å². The Balaban J connectivity index is 1.30. The number of hydrogen-bond acceptors (Lipinski definition) is 8. The van der Waals surface area contributed by atoms with Gasteiger partial charge in [0, 0.05) is 37.8 Å². The molecule has 0 spiro atoms. The Morgan fingerprint density at radius 2 is 1.76 bits per heavy atom. The monoisotopic (exact) mass is 547 g/mol. The molecule has 1 N–H and O–H groups in total. The smallest absolute Gasteiger partial charge is 0.296 e. The number of alkyl halides is 2. The highest BCUT2D eigenvalue weighted by atomic mass is 32.2. The zero-order chi connectivity index (χ0) is 26.3. The summed E-state index contributed by atoms with van der Waals surface area (Å²) >= 11 is 0. The lowest BCUT2D eigenvalue weighted by Gasteiger charge is -2.34. The van der Waals surface area contributed by atoms with Gasteiger partial charge in [-0.05, 0) is 44.2 Å². The van der Waals surface area contributed by atoms with Gasteiger partial charge in [0.1, 0.15) is 11.6 Å². The molecule has 1 saturated carbocycles. The lowest BCUT2D eigenvalue weighted by atomic mass is 9.91. The van der Waals surface area contributed by atoms with Gasteiger partial charge in [-0.3, -0.25) is 4.57 Å². The predicted molar refractivity (Wildman–Crippen MR) is 139 cm³/mol. The molecule has 38 heavy (non-hydrogen) atoms. The number of rotatable bonds is 6. The van der Waals surface area contributed by atoms with Crippen LogP contribution >= 0.6 is 0 Å². The molecular weight excluding hydrogens is 516 g/mol. The summed E-state index contributed by atoms with van der Waals surface area (Å²) in [6, 6.07) is 8.84. The number of anilines is 2. The van der Waals surface area contributed by atoms with E-state index in [0.717, 1.165) is 25.7 Å². The highest BCUT2D eigenvalue weighted by Gasteiger charge is 2.36. The molecule has 13 heteroatoms. The molecule has 6 rings (SSSR count). The maximum Gasteiger partial charge on any atom is 0.296 e. The molecule has 2 aromatic heterocycles. The minimum atomic E-state index is -3.13. The second kappa shape index (κ2) is 10.3. The van der Waals surface area contributed by atoms with Crippen LogP contribution in [-0.4, -0.2) is 82.9 Å². The third-order valence-electron chi connectivity index (χ3n) is 7.60. The van der Waals surface area contributed by atoms with Crippen LogP contribution in [0, 0.1) is 0 Å². The molecule has 0 bridgehead atoms.